The first-order valence-corrected chi connectivity index (χ1v) is 6.70. The summed E-state index contributed by atoms with van der Waals surface area (Å²) in [6.07, 6.45) is 5.99. The zero-order valence-electron chi connectivity index (χ0n) is 10.5. The minimum Gasteiger partial charge on any atom is -0.396 e. The van der Waals surface area contributed by atoms with Crippen LogP contribution in [0.5, 0.6) is 0 Å². The van der Waals surface area contributed by atoms with Crippen molar-refractivity contribution < 1.29 is 5.11 Å². The molecule has 2 nitrogen and oxygen atoms in total. The van der Waals surface area contributed by atoms with Crippen LogP contribution >= 0.6 is 0 Å². The lowest BCUT2D eigenvalue weighted by molar-refractivity contribution is 0.128. The minimum absolute atomic E-state index is 0.177. The zero-order chi connectivity index (χ0) is 12.0. The molecule has 2 rings (SSSR count). The Morgan fingerprint density at radius 2 is 1.82 bits per heavy atom. The Labute approximate surface area is 104 Å². The normalized spacial score (nSPS) is 18.4. The number of hydrogen-bond donors (Lipinski definition) is 2. The highest BCUT2D eigenvalue weighted by Gasteiger charge is 2.32. The summed E-state index contributed by atoms with van der Waals surface area (Å²) < 4.78 is 0. The lowest BCUT2D eigenvalue weighted by atomic mass is 9.87. The van der Waals surface area contributed by atoms with Gasteiger partial charge in [0.2, 0.25) is 0 Å². The summed E-state index contributed by atoms with van der Waals surface area (Å²) in [7, 11) is 0. The number of aliphatic hydroxyl groups is 1. The van der Waals surface area contributed by atoms with Crippen molar-refractivity contribution in [2.45, 2.75) is 32.1 Å². The van der Waals surface area contributed by atoms with Gasteiger partial charge in [0.1, 0.15) is 0 Å². The van der Waals surface area contributed by atoms with E-state index in [1.54, 1.807) is 0 Å². The van der Waals surface area contributed by atoms with Crippen molar-refractivity contribution in [3.8, 4) is 0 Å². The molecule has 0 heterocycles. The average molecular weight is 233 g/mol. The SMILES string of the molecule is OCC1(CNCCc2ccccc2)CCCC1. The lowest BCUT2D eigenvalue weighted by Crippen LogP contribution is -2.36. The third kappa shape index (κ3) is 3.55. The highest BCUT2D eigenvalue weighted by molar-refractivity contribution is 5.14. The molecule has 0 aliphatic heterocycles. The summed E-state index contributed by atoms with van der Waals surface area (Å²) in [5.74, 6) is 0. The Bertz CT molecular complexity index is 317. The highest BCUT2D eigenvalue weighted by atomic mass is 16.3. The van der Waals surface area contributed by atoms with Crippen molar-refractivity contribution in [1.29, 1.82) is 0 Å². The molecule has 0 spiro atoms. The second-order valence-electron chi connectivity index (χ2n) is 5.28. The van der Waals surface area contributed by atoms with E-state index in [9.17, 15) is 5.11 Å². The van der Waals surface area contributed by atoms with E-state index in [4.69, 9.17) is 0 Å². The van der Waals surface area contributed by atoms with E-state index in [0.29, 0.717) is 6.61 Å². The monoisotopic (exact) mass is 233 g/mol. The van der Waals surface area contributed by atoms with E-state index in [2.05, 4.69) is 35.6 Å². The molecule has 0 aromatic heterocycles. The van der Waals surface area contributed by atoms with Crippen LogP contribution in [0.15, 0.2) is 30.3 Å². The van der Waals surface area contributed by atoms with Gasteiger partial charge in [-0.05, 0) is 31.4 Å². The molecule has 17 heavy (non-hydrogen) atoms. The minimum atomic E-state index is 0.177. The van der Waals surface area contributed by atoms with Crippen molar-refractivity contribution in [1.82, 2.24) is 5.32 Å². The lowest BCUT2D eigenvalue weighted by Gasteiger charge is -2.26. The molecule has 0 bridgehead atoms. The van der Waals surface area contributed by atoms with Crippen LogP contribution in [-0.2, 0) is 6.42 Å². The van der Waals surface area contributed by atoms with E-state index in [-0.39, 0.29) is 5.41 Å². The fourth-order valence-electron chi connectivity index (χ4n) is 2.75. The van der Waals surface area contributed by atoms with Gasteiger partial charge in [0, 0.05) is 18.6 Å². The third-order valence-corrected chi connectivity index (χ3v) is 3.93. The summed E-state index contributed by atoms with van der Waals surface area (Å²) in [6, 6.07) is 10.6. The maximum Gasteiger partial charge on any atom is 0.0499 e. The highest BCUT2D eigenvalue weighted by Crippen LogP contribution is 2.36. The molecule has 0 saturated heterocycles. The number of rotatable bonds is 6. The maximum atomic E-state index is 9.49. The Morgan fingerprint density at radius 1 is 1.12 bits per heavy atom. The van der Waals surface area contributed by atoms with Crippen LogP contribution in [0.2, 0.25) is 0 Å². The van der Waals surface area contributed by atoms with Crippen LogP contribution in [0.3, 0.4) is 0 Å². The summed E-state index contributed by atoms with van der Waals surface area (Å²) in [5.41, 5.74) is 1.56. The molecular weight excluding hydrogens is 210 g/mol. The average Bonchev–Trinajstić information content (AvgIpc) is 2.85. The molecule has 1 aromatic rings. The molecule has 1 aromatic carbocycles. The van der Waals surface area contributed by atoms with E-state index < -0.39 is 0 Å². The molecule has 0 radical (unpaired) electrons. The van der Waals surface area contributed by atoms with Crippen LogP contribution in [0.25, 0.3) is 0 Å². The second-order valence-corrected chi connectivity index (χ2v) is 5.28. The molecule has 1 aliphatic carbocycles. The zero-order valence-corrected chi connectivity index (χ0v) is 10.5. The molecule has 0 atom stereocenters. The summed E-state index contributed by atoms with van der Waals surface area (Å²) in [4.78, 5) is 0. The Balaban J connectivity index is 1.69. The topological polar surface area (TPSA) is 32.3 Å². The van der Waals surface area contributed by atoms with Gasteiger partial charge in [0.15, 0.2) is 0 Å². The first kappa shape index (κ1) is 12.6. The van der Waals surface area contributed by atoms with Gasteiger partial charge in [-0.1, -0.05) is 43.2 Å². The molecule has 1 fully saturated rings. The number of nitrogens with one attached hydrogen (secondary N) is 1. The quantitative estimate of drug-likeness (QED) is 0.739. The summed E-state index contributed by atoms with van der Waals surface area (Å²) >= 11 is 0. The van der Waals surface area contributed by atoms with Crippen LogP contribution < -0.4 is 5.32 Å². The third-order valence-electron chi connectivity index (χ3n) is 3.93. The van der Waals surface area contributed by atoms with E-state index in [1.165, 1.54) is 31.2 Å². The van der Waals surface area contributed by atoms with Crippen molar-refractivity contribution in [2.24, 2.45) is 5.41 Å². The van der Waals surface area contributed by atoms with E-state index in [1.807, 2.05) is 0 Å². The largest absolute Gasteiger partial charge is 0.396 e. The molecule has 1 saturated carbocycles. The van der Waals surface area contributed by atoms with Crippen LogP contribution in [0, 0.1) is 5.41 Å². The number of hydrogen-bond acceptors (Lipinski definition) is 2. The van der Waals surface area contributed by atoms with Crippen LogP contribution in [0.1, 0.15) is 31.2 Å². The van der Waals surface area contributed by atoms with Crippen LogP contribution in [0.4, 0.5) is 0 Å². The van der Waals surface area contributed by atoms with Crippen molar-refractivity contribution in [3.05, 3.63) is 35.9 Å². The van der Waals surface area contributed by atoms with Crippen molar-refractivity contribution in [3.63, 3.8) is 0 Å². The van der Waals surface area contributed by atoms with E-state index >= 15 is 0 Å². The first-order chi connectivity index (χ1) is 8.35. The first-order valence-electron chi connectivity index (χ1n) is 6.70. The number of aliphatic hydroxyl groups excluding tert-OH is 1. The van der Waals surface area contributed by atoms with Gasteiger partial charge in [0.05, 0.1) is 0 Å². The number of benzene rings is 1. The Hall–Kier alpha value is -0.860. The van der Waals surface area contributed by atoms with Gasteiger partial charge < -0.3 is 10.4 Å². The maximum absolute atomic E-state index is 9.49. The smallest absolute Gasteiger partial charge is 0.0499 e. The molecule has 94 valence electrons. The summed E-state index contributed by atoms with van der Waals surface area (Å²) in [6.45, 7) is 2.31. The van der Waals surface area contributed by atoms with Gasteiger partial charge in [-0.3, -0.25) is 0 Å². The fraction of sp³-hybridized carbons (Fsp3) is 0.600. The van der Waals surface area contributed by atoms with Gasteiger partial charge in [-0.2, -0.15) is 0 Å². The fourth-order valence-corrected chi connectivity index (χ4v) is 2.75. The van der Waals surface area contributed by atoms with Crippen molar-refractivity contribution in [2.75, 3.05) is 19.7 Å². The predicted octanol–water partition coefficient (Wildman–Crippen LogP) is 2.37. The van der Waals surface area contributed by atoms with Crippen LogP contribution in [-0.4, -0.2) is 24.8 Å². The van der Waals surface area contributed by atoms with Gasteiger partial charge >= 0.3 is 0 Å². The molecule has 2 N–H and O–H groups in total. The van der Waals surface area contributed by atoms with Crippen molar-refractivity contribution >= 4 is 0 Å². The standard InChI is InChI=1S/C15H23NO/c17-13-15(9-4-5-10-15)12-16-11-8-14-6-2-1-3-7-14/h1-3,6-7,16-17H,4-5,8-13H2. The second kappa shape index (κ2) is 6.18. The van der Waals surface area contributed by atoms with E-state index in [0.717, 1.165) is 19.5 Å². The molecule has 0 amide bonds. The van der Waals surface area contributed by atoms with Gasteiger partial charge in [0.25, 0.3) is 0 Å². The molecule has 1 aliphatic rings. The Morgan fingerprint density at radius 3 is 2.47 bits per heavy atom. The van der Waals surface area contributed by atoms with Gasteiger partial charge in [-0.25, -0.2) is 0 Å². The molecular formula is C15H23NO. The van der Waals surface area contributed by atoms with Gasteiger partial charge in [-0.15, -0.1) is 0 Å². The summed E-state index contributed by atoms with van der Waals surface area (Å²) in [5, 5.41) is 13.0. The predicted molar refractivity (Wildman–Crippen MR) is 71.0 cm³/mol. The molecule has 0 unspecified atom stereocenters. The Kier molecular flexibility index (Phi) is 4.57. The molecule has 2 heteroatoms.